The zero-order valence-electron chi connectivity index (χ0n) is 11.6. The van der Waals surface area contributed by atoms with Gasteiger partial charge in [-0.3, -0.25) is 5.41 Å². The number of sulfonamides is 1. The summed E-state index contributed by atoms with van der Waals surface area (Å²) in [5.41, 5.74) is 0.272. The summed E-state index contributed by atoms with van der Waals surface area (Å²) in [5.74, 6) is 1.05. The van der Waals surface area contributed by atoms with Crippen molar-refractivity contribution in [2.75, 3.05) is 6.61 Å². The molecule has 1 aromatic rings. The van der Waals surface area contributed by atoms with Gasteiger partial charge in [0.05, 0.1) is 6.61 Å². The highest BCUT2D eigenvalue weighted by Crippen LogP contribution is 2.38. The van der Waals surface area contributed by atoms with Crippen LogP contribution in [0.2, 0.25) is 5.02 Å². The highest BCUT2D eigenvalue weighted by atomic mass is 35.5. The molecule has 0 spiro atoms. The summed E-state index contributed by atoms with van der Waals surface area (Å²) in [4.78, 5) is 12.1. The van der Waals surface area contributed by atoms with Crippen LogP contribution in [0.4, 0.5) is 0 Å². The summed E-state index contributed by atoms with van der Waals surface area (Å²) in [6.45, 7) is 3.38. The molecule has 0 saturated carbocycles. The van der Waals surface area contributed by atoms with E-state index in [2.05, 4.69) is 4.40 Å². The third kappa shape index (κ3) is 3.10. The standard InChI is InChI=1S/C13H11ClN2O4S2/c1-3-20-13(17)8(6-15)12-16-22(18,19)11-4-7(2)9(14)5-10(11)21-12/h4-5,15H,3H2,1-2H3. The van der Waals surface area contributed by atoms with Gasteiger partial charge in [-0.25, -0.2) is 4.79 Å². The molecule has 0 fully saturated rings. The zero-order valence-corrected chi connectivity index (χ0v) is 14.0. The molecule has 0 radical (unpaired) electrons. The summed E-state index contributed by atoms with van der Waals surface area (Å²) in [7, 11) is -3.98. The first kappa shape index (κ1) is 16.8. The second-order valence-corrected chi connectivity index (χ2v) is 7.25. The number of halogens is 1. The maximum Gasteiger partial charge on any atom is 0.350 e. The van der Waals surface area contributed by atoms with Crippen LogP contribution in [0.5, 0.6) is 0 Å². The van der Waals surface area contributed by atoms with Crippen LogP contribution in [0.25, 0.3) is 0 Å². The molecule has 116 valence electrons. The van der Waals surface area contributed by atoms with Gasteiger partial charge in [0.25, 0.3) is 10.0 Å². The van der Waals surface area contributed by atoms with Gasteiger partial charge in [0.15, 0.2) is 5.57 Å². The molecule has 0 amide bonds. The lowest BCUT2D eigenvalue weighted by atomic mass is 10.2. The topological polar surface area (TPSA) is 96.7 Å². The first-order valence-electron chi connectivity index (χ1n) is 6.10. The number of nitrogens with zero attached hydrogens (tertiary/aromatic N) is 1. The van der Waals surface area contributed by atoms with Crippen molar-refractivity contribution in [1.82, 2.24) is 0 Å². The normalized spacial score (nSPS) is 15.3. The van der Waals surface area contributed by atoms with Crippen molar-refractivity contribution >= 4 is 50.3 Å². The fraction of sp³-hybridized carbons (Fsp3) is 0.231. The predicted molar refractivity (Wildman–Crippen MR) is 84.5 cm³/mol. The SMILES string of the molecule is CCOC(=O)C(=C=N)C1=NS(=O)(=O)c2cc(C)c(Cl)cc2S1. The number of esters is 1. The fourth-order valence-corrected chi connectivity index (χ4v) is 4.63. The Bertz CT molecular complexity index is 840. The second kappa shape index (κ2) is 6.26. The molecular formula is C13H11ClN2O4S2. The molecule has 0 saturated heterocycles. The molecule has 1 aliphatic rings. The first-order chi connectivity index (χ1) is 10.3. The molecule has 2 rings (SSSR count). The average Bonchev–Trinajstić information content (AvgIpc) is 2.42. The Kier molecular flexibility index (Phi) is 4.77. The number of hydrogen-bond donors (Lipinski definition) is 1. The minimum Gasteiger partial charge on any atom is -0.462 e. The van der Waals surface area contributed by atoms with E-state index in [9.17, 15) is 13.2 Å². The van der Waals surface area contributed by atoms with E-state index in [1.165, 1.54) is 12.1 Å². The van der Waals surface area contributed by atoms with Crippen LogP contribution in [0.3, 0.4) is 0 Å². The summed E-state index contributed by atoms with van der Waals surface area (Å²) in [5, 5.41) is 7.44. The summed E-state index contributed by atoms with van der Waals surface area (Å²) in [6.07, 6.45) is 0. The van der Waals surface area contributed by atoms with Crippen LogP contribution in [-0.2, 0) is 19.6 Å². The van der Waals surface area contributed by atoms with E-state index >= 15 is 0 Å². The van der Waals surface area contributed by atoms with Gasteiger partial charge in [-0.15, -0.1) is 0 Å². The predicted octanol–water partition coefficient (Wildman–Crippen LogP) is 2.58. The Hall–Kier alpha value is -1.60. The van der Waals surface area contributed by atoms with Crippen molar-refractivity contribution in [3.63, 3.8) is 0 Å². The molecule has 1 N–H and O–H groups in total. The van der Waals surface area contributed by atoms with Crippen molar-refractivity contribution in [2.45, 2.75) is 23.6 Å². The summed E-state index contributed by atoms with van der Waals surface area (Å²) >= 11 is 6.95. The number of ether oxygens (including phenoxy) is 1. The van der Waals surface area contributed by atoms with Crippen molar-refractivity contribution in [3.05, 3.63) is 28.3 Å². The number of carbonyl (C=O) groups excluding carboxylic acids is 1. The number of rotatable bonds is 3. The lowest BCUT2D eigenvalue weighted by molar-refractivity contribution is -0.137. The Balaban J connectivity index is 2.56. The molecule has 22 heavy (non-hydrogen) atoms. The largest absolute Gasteiger partial charge is 0.462 e. The molecule has 0 atom stereocenters. The number of nitrogens with one attached hydrogen (secondary N) is 1. The molecular weight excluding hydrogens is 348 g/mol. The smallest absolute Gasteiger partial charge is 0.350 e. The Morgan fingerprint density at radius 1 is 1.50 bits per heavy atom. The average molecular weight is 359 g/mol. The van der Waals surface area contributed by atoms with Gasteiger partial charge in [-0.1, -0.05) is 23.4 Å². The van der Waals surface area contributed by atoms with Crippen LogP contribution in [0.1, 0.15) is 12.5 Å². The number of carbonyl (C=O) groups is 1. The Morgan fingerprint density at radius 2 is 2.18 bits per heavy atom. The summed E-state index contributed by atoms with van der Waals surface area (Å²) < 4.78 is 32.9. The van der Waals surface area contributed by atoms with Gasteiger partial charge in [0.2, 0.25) is 0 Å². The molecule has 1 aliphatic heterocycles. The number of thioether (sulfide) groups is 1. The second-order valence-electron chi connectivity index (χ2n) is 4.24. The third-order valence-corrected chi connectivity index (χ3v) is 5.75. The highest BCUT2D eigenvalue weighted by Gasteiger charge is 2.31. The monoisotopic (exact) mass is 358 g/mol. The maximum atomic E-state index is 12.2. The van der Waals surface area contributed by atoms with Gasteiger partial charge < -0.3 is 4.74 Å². The first-order valence-corrected chi connectivity index (χ1v) is 8.73. The van der Waals surface area contributed by atoms with E-state index in [0.717, 1.165) is 11.8 Å². The minimum absolute atomic E-state index is 0.0244. The fourth-order valence-electron chi connectivity index (χ4n) is 1.69. The number of hydrogen-bond acceptors (Lipinski definition) is 6. The Labute approximate surface area is 136 Å². The number of benzene rings is 1. The van der Waals surface area contributed by atoms with E-state index in [-0.39, 0.29) is 22.1 Å². The molecule has 0 aromatic heterocycles. The zero-order chi connectivity index (χ0) is 16.5. The number of fused-ring (bicyclic) bond motifs is 1. The van der Waals surface area contributed by atoms with Crippen LogP contribution in [0.15, 0.2) is 31.9 Å². The van der Waals surface area contributed by atoms with E-state index < -0.39 is 16.0 Å². The lowest BCUT2D eigenvalue weighted by Crippen LogP contribution is -2.19. The molecule has 0 unspecified atom stereocenters. The molecule has 1 aromatic carbocycles. The van der Waals surface area contributed by atoms with Gasteiger partial charge in [-0.05, 0) is 37.4 Å². The van der Waals surface area contributed by atoms with Crippen molar-refractivity contribution in [2.24, 2.45) is 4.40 Å². The van der Waals surface area contributed by atoms with Gasteiger partial charge in [0, 0.05) is 9.92 Å². The number of aryl methyl sites for hydroxylation is 1. The van der Waals surface area contributed by atoms with Crippen LogP contribution >= 0.6 is 23.4 Å². The third-order valence-electron chi connectivity index (χ3n) is 2.73. The van der Waals surface area contributed by atoms with Crippen LogP contribution < -0.4 is 0 Å². The van der Waals surface area contributed by atoms with Gasteiger partial charge >= 0.3 is 5.97 Å². The van der Waals surface area contributed by atoms with Crippen LogP contribution in [0, 0.1) is 12.3 Å². The maximum absolute atomic E-state index is 12.2. The molecule has 9 heteroatoms. The quantitative estimate of drug-likeness (QED) is 0.509. The van der Waals surface area contributed by atoms with E-state index in [1.807, 2.05) is 5.87 Å². The van der Waals surface area contributed by atoms with E-state index in [4.69, 9.17) is 21.7 Å². The highest BCUT2D eigenvalue weighted by molar-refractivity contribution is 8.16. The molecule has 0 bridgehead atoms. The van der Waals surface area contributed by atoms with Gasteiger partial charge in [-0.2, -0.15) is 12.8 Å². The van der Waals surface area contributed by atoms with E-state index in [0.29, 0.717) is 15.5 Å². The Morgan fingerprint density at radius 3 is 2.77 bits per heavy atom. The van der Waals surface area contributed by atoms with Crippen molar-refractivity contribution in [1.29, 1.82) is 5.41 Å². The van der Waals surface area contributed by atoms with E-state index in [1.54, 1.807) is 13.8 Å². The summed E-state index contributed by atoms with van der Waals surface area (Å²) in [6, 6.07) is 2.92. The van der Waals surface area contributed by atoms with Gasteiger partial charge in [0.1, 0.15) is 9.94 Å². The van der Waals surface area contributed by atoms with Crippen molar-refractivity contribution < 1.29 is 17.9 Å². The molecule has 6 nitrogen and oxygen atoms in total. The van der Waals surface area contributed by atoms with Crippen molar-refractivity contribution in [3.8, 4) is 0 Å². The molecule has 0 aliphatic carbocycles. The van der Waals surface area contributed by atoms with Crippen LogP contribution in [-0.4, -0.2) is 31.9 Å². The molecule has 1 heterocycles. The lowest BCUT2D eigenvalue weighted by Gasteiger charge is -2.16. The minimum atomic E-state index is -3.98.